The molecule has 206 valence electrons. The van der Waals surface area contributed by atoms with Crippen LogP contribution in [0.5, 0.6) is 0 Å². The standard InChI is InChI=1S/C37H27N5O/c1-41(2)30-15-9-26(10-16-30)13-19-32-22-28(29(24-38)25-39)23-33(43-32)20-14-27-11-17-31(18-12-27)42-36-8-4-3-6-34(36)35-7-5-21-40-37(35)42/h3-23H,1-2H3/b19-13+,20-14+. The average Bonchev–Trinajstić information content (AvgIpc) is 3.38. The van der Waals surface area contributed by atoms with Crippen LogP contribution in [0, 0.1) is 22.7 Å². The van der Waals surface area contributed by atoms with Crippen LogP contribution in [0.1, 0.15) is 11.1 Å². The summed E-state index contributed by atoms with van der Waals surface area (Å²) in [4.78, 5) is 6.71. The van der Waals surface area contributed by atoms with Gasteiger partial charge in [-0.05, 0) is 77.9 Å². The molecule has 3 aromatic carbocycles. The zero-order chi connectivity index (χ0) is 29.8. The van der Waals surface area contributed by atoms with E-state index in [1.54, 1.807) is 12.2 Å². The van der Waals surface area contributed by atoms with E-state index in [0.29, 0.717) is 17.1 Å². The summed E-state index contributed by atoms with van der Waals surface area (Å²) >= 11 is 0. The molecule has 0 unspecified atom stereocenters. The van der Waals surface area contributed by atoms with E-state index in [-0.39, 0.29) is 5.57 Å². The predicted octanol–water partition coefficient (Wildman–Crippen LogP) is 8.11. The van der Waals surface area contributed by atoms with Gasteiger partial charge >= 0.3 is 0 Å². The van der Waals surface area contributed by atoms with Gasteiger partial charge in [-0.2, -0.15) is 10.5 Å². The van der Waals surface area contributed by atoms with Gasteiger partial charge in [-0.25, -0.2) is 4.98 Å². The lowest BCUT2D eigenvalue weighted by atomic mass is 10.1. The molecule has 0 saturated carbocycles. The molecule has 43 heavy (non-hydrogen) atoms. The van der Waals surface area contributed by atoms with E-state index in [4.69, 9.17) is 4.74 Å². The highest BCUT2D eigenvalue weighted by molar-refractivity contribution is 6.07. The summed E-state index contributed by atoms with van der Waals surface area (Å²) in [6.07, 6.45) is 12.8. The van der Waals surface area contributed by atoms with E-state index >= 15 is 0 Å². The van der Waals surface area contributed by atoms with Crippen molar-refractivity contribution >= 4 is 39.8 Å². The number of pyridine rings is 1. The van der Waals surface area contributed by atoms with Crippen LogP contribution in [-0.2, 0) is 4.74 Å². The number of ether oxygens (including phenoxy) is 1. The Labute approximate surface area is 250 Å². The molecule has 0 spiro atoms. The zero-order valence-electron chi connectivity index (χ0n) is 23.8. The van der Waals surface area contributed by atoms with Crippen molar-refractivity contribution in [3.8, 4) is 17.8 Å². The monoisotopic (exact) mass is 557 g/mol. The topological polar surface area (TPSA) is 77.9 Å². The average molecular weight is 558 g/mol. The van der Waals surface area contributed by atoms with E-state index in [1.807, 2.05) is 116 Å². The number of aromatic nitrogens is 2. The first kappa shape index (κ1) is 27.1. The fourth-order valence-corrected chi connectivity index (χ4v) is 5.04. The fraction of sp³-hybridized carbons (Fsp3) is 0.0541. The molecule has 0 bridgehead atoms. The Morgan fingerprint density at radius 3 is 1.98 bits per heavy atom. The van der Waals surface area contributed by atoms with Gasteiger partial charge in [-0.3, -0.25) is 4.57 Å². The molecule has 1 aliphatic heterocycles. The van der Waals surface area contributed by atoms with Gasteiger partial charge < -0.3 is 9.64 Å². The Morgan fingerprint density at radius 2 is 1.35 bits per heavy atom. The summed E-state index contributed by atoms with van der Waals surface area (Å²) in [6, 6.07) is 32.7. The first-order valence-electron chi connectivity index (χ1n) is 13.8. The second-order valence-corrected chi connectivity index (χ2v) is 10.2. The molecule has 0 atom stereocenters. The lowest BCUT2D eigenvalue weighted by Gasteiger charge is -2.14. The first-order chi connectivity index (χ1) is 21.0. The van der Waals surface area contributed by atoms with Crippen LogP contribution in [0.2, 0.25) is 0 Å². The maximum Gasteiger partial charge on any atom is 0.145 e. The molecule has 0 amide bonds. The molecule has 3 heterocycles. The maximum absolute atomic E-state index is 9.50. The molecule has 5 aromatic rings. The van der Waals surface area contributed by atoms with Crippen molar-refractivity contribution in [3.05, 3.63) is 149 Å². The molecule has 6 nitrogen and oxygen atoms in total. The molecule has 0 radical (unpaired) electrons. The van der Waals surface area contributed by atoms with Crippen LogP contribution in [0.4, 0.5) is 5.69 Å². The molecular formula is C37H27N5O. The first-order valence-corrected chi connectivity index (χ1v) is 13.8. The van der Waals surface area contributed by atoms with Crippen molar-refractivity contribution in [2.75, 3.05) is 19.0 Å². The van der Waals surface area contributed by atoms with Gasteiger partial charge in [0.1, 0.15) is 34.9 Å². The van der Waals surface area contributed by atoms with Crippen molar-refractivity contribution < 1.29 is 4.74 Å². The van der Waals surface area contributed by atoms with E-state index in [0.717, 1.165) is 44.4 Å². The highest BCUT2D eigenvalue weighted by Gasteiger charge is 2.13. The summed E-state index contributed by atoms with van der Waals surface area (Å²) in [6.45, 7) is 0. The highest BCUT2D eigenvalue weighted by atomic mass is 16.5. The SMILES string of the molecule is CN(C)c1ccc(/C=C/C2=CC(=C(C#N)C#N)C=C(/C=C/c3ccc(-n4c5ccccc5c5cccnc54)cc3)O2)cc1. The Morgan fingerprint density at radius 1 is 0.744 bits per heavy atom. The quantitative estimate of drug-likeness (QED) is 0.197. The number of nitriles is 2. The smallest absolute Gasteiger partial charge is 0.145 e. The van der Waals surface area contributed by atoms with Crippen LogP contribution in [0.25, 0.3) is 39.8 Å². The number of hydrogen-bond acceptors (Lipinski definition) is 5. The van der Waals surface area contributed by atoms with E-state index < -0.39 is 0 Å². The highest BCUT2D eigenvalue weighted by Crippen LogP contribution is 2.31. The number of rotatable bonds is 6. The molecule has 2 aromatic heterocycles. The number of fused-ring (bicyclic) bond motifs is 3. The maximum atomic E-state index is 9.50. The molecule has 0 fully saturated rings. The fourth-order valence-electron chi connectivity index (χ4n) is 5.04. The van der Waals surface area contributed by atoms with E-state index in [2.05, 4.69) is 39.9 Å². The molecule has 6 heteroatoms. The number of hydrogen-bond donors (Lipinski definition) is 0. The largest absolute Gasteiger partial charge is 0.457 e. The molecule has 0 saturated heterocycles. The summed E-state index contributed by atoms with van der Waals surface area (Å²) in [5, 5.41) is 21.3. The van der Waals surface area contributed by atoms with Crippen molar-refractivity contribution in [3.63, 3.8) is 0 Å². The van der Waals surface area contributed by atoms with Gasteiger partial charge in [0.25, 0.3) is 0 Å². The number of anilines is 1. The van der Waals surface area contributed by atoms with Crippen molar-refractivity contribution in [1.82, 2.24) is 9.55 Å². The Balaban J connectivity index is 1.26. The van der Waals surface area contributed by atoms with Gasteiger partial charge in [0.2, 0.25) is 0 Å². The Hall–Kier alpha value is -6.11. The van der Waals surface area contributed by atoms with Gasteiger partial charge in [0.15, 0.2) is 0 Å². The third-order valence-electron chi connectivity index (χ3n) is 7.22. The van der Waals surface area contributed by atoms with E-state index in [1.165, 1.54) is 0 Å². The molecule has 0 N–H and O–H groups in total. The van der Waals surface area contributed by atoms with Gasteiger partial charge in [-0.15, -0.1) is 0 Å². The summed E-state index contributed by atoms with van der Waals surface area (Å²) in [5.74, 6) is 1.06. The predicted molar refractivity (Wildman–Crippen MR) is 173 cm³/mol. The number of para-hydroxylation sites is 1. The van der Waals surface area contributed by atoms with Gasteiger partial charge in [0, 0.05) is 48.0 Å². The number of benzene rings is 3. The summed E-state index contributed by atoms with van der Waals surface area (Å²) in [7, 11) is 4.00. The number of allylic oxidation sites excluding steroid dienone is 6. The minimum absolute atomic E-state index is 0.0274. The second kappa shape index (κ2) is 11.8. The third-order valence-corrected chi connectivity index (χ3v) is 7.22. The van der Waals surface area contributed by atoms with Crippen LogP contribution >= 0.6 is 0 Å². The van der Waals surface area contributed by atoms with Crippen LogP contribution in [0.3, 0.4) is 0 Å². The molecular weight excluding hydrogens is 530 g/mol. The lowest BCUT2D eigenvalue weighted by Crippen LogP contribution is -2.07. The van der Waals surface area contributed by atoms with Crippen LogP contribution < -0.4 is 4.90 Å². The molecule has 1 aliphatic rings. The second-order valence-electron chi connectivity index (χ2n) is 10.2. The Bertz CT molecular complexity index is 2000. The van der Waals surface area contributed by atoms with E-state index in [9.17, 15) is 10.5 Å². The number of nitrogens with zero attached hydrogens (tertiary/aromatic N) is 5. The third kappa shape index (κ3) is 5.59. The van der Waals surface area contributed by atoms with Gasteiger partial charge in [-0.1, -0.05) is 54.6 Å². The minimum atomic E-state index is 0.0274. The summed E-state index contributed by atoms with van der Waals surface area (Å²) in [5.41, 5.74) is 6.66. The van der Waals surface area contributed by atoms with Crippen molar-refractivity contribution in [2.24, 2.45) is 0 Å². The molecule has 0 aliphatic carbocycles. The lowest BCUT2D eigenvalue weighted by molar-refractivity contribution is 0.332. The Kier molecular flexibility index (Phi) is 7.42. The van der Waals surface area contributed by atoms with Crippen LogP contribution in [0.15, 0.2) is 138 Å². The summed E-state index contributed by atoms with van der Waals surface area (Å²) < 4.78 is 8.29. The van der Waals surface area contributed by atoms with Gasteiger partial charge in [0.05, 0.1) is 5.52 Å². The minimum Gasteiger partial charge on any atom is -0.457 e. The van der Waals surface area contributed by atoms with Crippen LogP contribution in [-0.4, -0.2) is 23.6 Å². The van der Waals surface area contributed by atoms with Crippen molar-refractivity contribution in [2.45, 2.75) is 0 Å². The van der Waals surface area contributed by atoms with Crippen molar-refractivity contribution in [1.29, 1.82) is 10.5 Å². The normalized spacial score (nSPS) is 13.1. The zero-order valence-corrected chi connectivity index (χ0v) is 23.8. The molecule has 6 rings (SSSR count).